The molecule has 0 radical (unpaired) electrons. The lowest BCUT2D eigenvalue weighted by Gasteiger charge is -2.45. The molecule has 2 aliphatic heterocycles. The normalized spacial score (nSPS) is 19.0. The first-order valence-corrected chi connectivity index (χ1v) is 12.1. The average Bonchev–Trinajstić information content (AvgIpc) is 2.84. The molecule has 178 valence electrons. The first-order valence-electron chi connectivity index (χ1n) is 12.1. The molecule has 2 heterocycles. The van der Waals surface area contributed by atoms with Crippen LogP contribution in [-0.4, -0.2) is 66.2 Å². The summed E-state index contributed by atoms with van der Waals surface area (Å²) in [5, 5.41) is 3.02. The molecule has 1 N–H and O–H groups in total. The van der Waals surface area contributed by atoms with Crippen molar-refractivity contribution in [3.05, 3.63) is 71.3 Å². The molecule has 2 saturated heterocycles. The maximum Gasteiger partial charge on any atom is 0.318 e. The van der Waals surface area contributed by atoms with E-state index in [4.69, 9.17) is 0 Å². The van der Waals surface area contributed by atoms with Gasteiger partial charge >= 0.3 is 6.03 Å². The van der Waals surface area contributed by atoms with Crippen LogP contribution in [0.15, 0.2) is 48.5 Å². The molecule has 0 saturated carbocycles. The van der Waals surface area contributed by atoms with Gasteiger partial charge < -0.3 is 10.2 Å². The number of halogens is 2. The molecule has 0 spiro atoms. The van der Waals surface area contributed by atoms with Crippen molar-refractivity contribution in [3.8, 4) is 0 Å². The van der Waals surface area contributed by atoms with Crippen molar-refractivity contribution < 1.29 is 13.6 Å². The van der Waals surface area contributed by atoms with E-state index in [9.17, 15) is 13.6 Å². The highest BCUT2D eigenvalue weighted by molar-refractivity contribution is 5.75. The molecule has 1 unspecified atom stereocenters. The maximum absolute atomic E-state index is 13.9. The van der Waals surface area contributed by atoms with Gasteiger partial charge in [0.05, 0.1) is 12.2 Å². The number of hydrogen-bond acceptors (Lipinski definition) is 3. The lowest BCUT2D eigenvalue weighted by Crippen LogP contribution is -2.58. The van der Waals surface area contributed by atoms with Crippen molar-refractivity contribution >= 4 is 6.03 Å². The molecule has 2 fully saturated rings. The van der Waals surface area contributed by atoms with E-state index >= 15 is 0 Å². The first kappa shape index (κ1) is 23.6. The van der Waals surface area contributed by atoms with Crippen LogP contribution in [0.2, 0.25) is 0 Å². The number of amides is 2. The van der Waals surface area contributed by atoms with Gasteiger partial charge in [-0.1, -0.05) is 37.6 Å². The molecule has 2 amide bonds. The topological polar surface area (TPSA) is 38.8 Å². The quantitative estimate of drug-likeness (QED) is 0.690. The summed E-state index contributed by atoms with van der Waals surface area (Å²) < 4.78 is 27.8. The van der Waals surface area contributed by atoms with Gasteiger partial charge in [-0.25, -0.2) is 13.6 Å². The van der Waals surface area contributed by atoms with Gasteiger partial charge in [-0.05, 0) is 67.7 Å². The van der Waals surface area contributed by atoms with Gasteiger partial charge in [0.1, 0.15) is 11.6 Å². The molecule has 0 aliphatic carbocycles. The van der Waals surface area contributed by atoms with E-state index < -0.39 is 6.04 Å². The summed E-state index contributed by atoms with van der Waals surface area (Å²) in [7, 11) is 0. The fraction of sp³-hybridized carbons (Fsp3) is 0.500. The zero-order valence-corrected chi connectivity index (χ0v) is 19.4. The van der Waals surface area contributed by atoms with Crippen molar-refractivity contribution in [3.63, 3.8) is 0 Å². The Morgan fingerprint density at radius 1 is 0.848 bits per heavy atom. The Bertz CT molecular complexity index is 881. The molecule has 2 aromatic rings. The van der Waals surface area contributed by atoms with E-state index in [0.717, 1.165) is 32.6 Å². The minimum atomic E-state index is -0.626. The Hall–Kier alpha value is -2.51. The van der Waals surface area contributed by atoms with Gasteiger partial charge in [-0.2, -0.15) is 0 Å². The molecule has 0 bridgehead atoms. The summed E-state index contributed by atoms with van der Waals surface area (Å²) in [5.74, 6) is -0.778. The number of benzene rings is 2. The van der Waals surface area contributed by atoms with Crippen LogP contribution in [0.1, 0.15) is 49.8 Å². The second-order valence-corrected chi connectivity index (χ2v) is 9.00. The highest BCUT2D eigenvalue weighted by atomic mass is 19.1. The third-order valence-electron chi connectivity index (χ3n) is 6.83. The lowest BCUT2D eigenvalue weighted by molar-refractivity contribution is 0.00287. The van der Waals surface area contributed by atoms with Crippen LogP contribution in [0.4, 0.5) is 13.6 Å². The lowest BCUT2D eigenvalue weighted by atomic mass is 9.98. The van der Waals surface area contributed by atoms with Gasteiger partial charge in [0.2, 0.25) is 0 Å². The highest BCUT2D eigenvalue weighted by Crippen LogP contribution is 2.24. The van der Waals surface area contributed by atoms with Crippen LogP contribution in [0.3, 0.4) is 0 Å². The fourth-order valence-corrected chi connectivity index (χ4v) is 5.13. The number of piperazine rings is 1. The molecule has 0 aromatic heterocycles. The van der Waals surface area contributed by atoms with Gasteiger partial charge in [-0.15, -0.1) is 0 Å². The van der Waals surface area contributed by atoms with E-state index in [1.54, 1.807) is 24.3 Å². The fourth-order valence-electron chi connectivity index (χ4n) is 5.13. The van der Waals surface area contributed by atoms with E-state index in [0.29, 0.717) is 30.4 Å². The number of carbonyl (C=O) groups is 1. The molecule has 4 rings (SSSR count). The van der Waals surface area contributed by atoms with Crippen molar-refractivity contribution in [1.29, 1.82) is 0 Å². The Morgan fingerprint density at radius 2 is 1.39 bits per heavy atom. The molecule has 2 aliphatic rings. The maximum atomic E-state index is 13.9. The largest absolute Gasteiger partial charge is 0.327 e. The second kappa shape index (κ2) is 11.1. The van der Waals surface area contributed by atoms with E-state index in [1.165, 1.54) is 43.5 Å². The van der Waals surface area contributed by atoms with Crippen molar-refractivity contribution in [1.82, 2.24) is 20.0 Å². The van der Waals surface area contributed by atoms with Crippen molar-refractivity contribution in [2.75, 3.05) is 39.3 Å². The van der Waals surface area contributed by atoms with Crippen molar-refractivity contribution in [2.45, 2.75) is 44.8 Å². The summed E-state index contributed by atoms with van der Waals surface area (Å²) in [5.41, 5.74) is 1.17. The van der Waals surface area contributed by atoms with E-state index in [1.807, 2.05) is 4.90 Å². The Kier molecular flexibility index (Phi) is 7.93. The van der Waals surface area contributed by atoms with Crippen LogP contribution in [0.25, 0.3) is 0 Å². The summed E-state index contributed by atoms with van der Waals surface area (Å²) in [6.07, 6.45) is 5.36. The Balaban J connectivity index is 1.42. The number of nitrogens with one attached hydrogen (secondary N) is 1. The monoisotopic (exact) mass is 456 g/mol. The van der Waals surface area contributed by atoms with E-state index in [2.05, 4.69) is 22.0 Å². The summed E-state index contributed by atoms with van der Waals surface area (Å²) in [6.45, 7) is 7.47. The molecular weight excluding hydrogens is 422 g/mol. The highest BCUT2D eigenvalue weighted by Gasteiger charge is 2.30. The third kappa shape index (κ3) is 5.89. The van der Waals surface area contributed by atoms with Crippen LogP contribution in [0, 0.1) is 11.6 Å². The number of urea groups is 1. The molecule has 33 heavy (non-hydrogen) atoms. The number of hydrogen-bond donors (Lipinski definition) is 1. The first-order chi connectivity index (χ1) is 16.0. The number of rotatable bonds is 6. The van der Waals surface area contributed by atoms with Crippen LogP contribution < -0.4 is 5.32 Å². The molecular formula is C26H34F2N4O. The van der Waals surface area contributed by atoms with Crippen LogP contribution >= 0.6 is 0 Å². The van der Waals surface area contributed by atoms with Gasteiger partial charge in [-0.3, -0.25) is 9.80 Å². The number of nitrogens with zero attached hydrogens (tertiary/aromatic N) is 3. The van der Waals surface area contributed by atoms with E-state index in [-0.39, 0.29) is 17.7 Å². The van der Waals surface area contributed by atoms with Crippen molar-refractivity contribution in [2.24, 2.45) is 0 Å². The Morgan fingerprint density at radius 3 is 1.91 bits per heavy atom. The average molecular weight is 457 g/mol. The third-order valence-corrected chi connectivity index (χ3v) is 6.83. The smallest absolute Gasteiger partial charge is 0.318 e. The van der Waals surface area contributed by atoms with Gasteiger partial charge in [0, 0.05) is 26.2 Å². The van der Waals surface area contributed by atoms with Crippen LogP contribution in [-0.2, 0) is 0 Å². The predicted molar refractivity (Wildman–Crippen MR) is 126 cm³/mol. The molecule has 5 nitrogen and oxygen atoms in total. The van der Waals surface area contributed by atoms with Gasteiger partial charge in [0.25, 0.3) is 0 Å². The predicted octanol–water partition coefficient (Wildman–Crippen LogP) is 4.60. The number of carbonyl (C=O) groups excluding carboxylic acids is 1. The zero-order valence-electron chi connectivity index (χ0n) is 19.4. The van der Waals surface area contributed by atoms with Crippen LogP contribution in [0.5, 0.6) is 0 Å². The standard InChI is InChI=1S/C26H34F2N4O/c1-2-24(30-12-4-3-5-13-30)31-14-16-32(17-15-31)26(33)29-25(20-8-6-10-22(27)18-20)21-9-7-11-23(28)19-21/h6-11,18-19,24-25H,2-5,12-17H2,1H3,(H,29,33). The second-order valence-electron chi connectivity index (χ2n) is 9.00. The summed E-state index contributed by atoms with van der Waals surface area (Å²) in [4.78, 5) is 20.1. The number of likely N-dealkylation sites (tertiary alicyclic amines) is 1. The SMILES string of the molecule is CCC(N1CCCCC1)N1CCN(C(=O)NC(c2cccc(F)c2)c2cccc(F)c2)CC1. The molecule has 2 aromatic carbocycles. The Labute approximate surface area is 195 Å². The van der Waals surface area contributed by atoms with Gasteiger partial charge in [0.15, 0.2) is 0 Å². The minimum absolute atomic E-state index is 0.209. The summed E-state index contributed by atoms with van der Waals surface area (Å²) in [6, 6.07) is 11.4. The minimum Gasteiger partial charge on any atom is -0.327 e. The summed E-state index contributed by atoms with van der Waals surface area (Å²) >= 11 is 0. The zero-order chi connectivity index (χ0) is 23.2. The number of piperidine rings is 1. The molecule has 7 heteroatoms. The molecule has 1 atom stereocenters.